The van der Waals surface area contributed by atoms with Crippen LogP contribution in [0.3, 0.4) is 0 Å². The van der Waals surface area contributed by atoms with Gasteiger partial charge in [-0.1, -0.05) is 19.3 Å². The lowest BCUT2D eigenvalue weighted by Gasteiger charge is -2.21. The molecule has 0 amide bonds. The number of hydrogen-bond donors (Lipinski definition) is 1. The summed E-state index contributed by atoms with van der Waals surface area (Å²) in [5, 5.41) is 9.52. The number of thioether (sulfide) groups is 1. The summed E-state index contributed by atoms with van der Waals surface area (Å²) in [6, 6.07) is 4.02. The van der Waals surface area contributed by atoms with Gasteiger partial charge in [0.15, 0.2) is 0 Å². The van der Waals surface area contributed by atoms with Crippen LogP contribution in [0.15, 0.2) is 23.1 Å². The van der Waals surface area contributed by atoms with Gasteiger partial charge in [-0.25, -0.2) is 9.18 Å². The van der Waals surface area contributed by atoms with E-state index in [9.17, 15) is 9.18 Å². The van der Waals surface area contributed by atoms with E-state index in [0.29, 0.717) is 10.1 Å². The Morgan fingerprint density at radius 2 is 2.00 bits per heavy atom. The zero-order chi connectivity index (χ0) is 12.3. The molecule has 1 aromatic rings. The number of carbonyl (C=O) groups is 1. The molecule has 92 valence electrons. The third-order valence-corrected chi connectivity index (χ3v) is 4.43. The number of halogens is 1. The average Bonchev–Trinajstić information content (AvgIpc) is 2.32. The molecule has 0 saturated heterocycles. The van der Waals surface area contributed by atoms with Gasteiger partial charge in [-0.3, -0.25) is 0 Å². The minimum absolute atomic E-state index is 0.0839. The van der Waals surface area contributed by atoms with Crippen molar-refractivity contribution in [2.45, 2.75) is 42.2 Å². The molecule has 1 aromatic carbocycles. The van der Waals surface area contributed by atoms with Crippen molar-refractivity contribution in [1.82, 2.24) is 0 Å². The van der Waals surface area contributed by atoms with Crippen molar-refractivity contribution in [2.75, 3.05) is 0 Å². The molecule has 0 aromatic heterocycles. The van der Waals surface area contributed by atoms with Crippen LogP contribution in [0.5, 0.6) is 0 Å². The van der Waals surface area contributed by atoms with Gasteiger partial charge in [0.1, 0.15) is 5.82 Å². The fourth-order valence-electron chi connectivity index (χ4n) is 2.13. The Bertz CT molecular complexity index is 414. The number of carboxylic acids is 1. The van der Waals surface area contributed by atoms with Gasteiger partial charge in [0, 0.05) is 10.1 Å². The SMILES string of the molecule is O=C(O)c1cc(F)ccc1SC1CCCCC1. The van der Waals surface area contributed by atoms with E-state index >= 15 is 0 Å². The van der Waals surface area contributed by atoms with Crippen molar-refractivity contribution < 1.29 is 14.3 Å². The highest BCUT2D eigenvalue weighted by Crippen LogP contribution is 2.35. The second-order valence-electron chi connectivity index (χ2n) is 4.32. The molecule has 1 aliphatic carbocycles. The lowest BCUT2D eigenvalue weighted by molar-refractivity contribution is 0.0692. The third-order valence-electron chi connectivity index (χ3n) is 3.02. The predicted octanol–water partition coefficient (Wildman–Crippen LogP) is 3.95. The van der Waals surface area contributed by atoms with E-state index in [1.807, 2.05) is 0 Å². The summed E-state index contributed by atoms with van der Waals surface area (Å²) >= 11 is 1.58. The van der Waals surface area contributed by atoms with E-state index in [1.54, 1.807) is 17.8 Å². The van der Waals surface area contributed by atoms with E-state index < -0.39 is 11.8 Å². The second kappa shape index (κ2) is 5.54. The highest BCUT2D eigenvalue weighted by molar-refractivity contribution is 8.00. The lowest BCUT2D eigenvalue weighted by Crippen LogP contribution is -2.09. The van der Waals surface area contributed by atoms with Gasteiger partial charge in [0.2, 0.25) is 0 Å². The predicted molar refractivity (Wildman–Crippen MR) is 66.1 cm³/mol. The van der Waals surface area contributed by atoms with Crippen LogP contribution in [0.2, 0.25) is 0 Å². The van der Waals surface area contributed by atoms with Crippen molar-refractivity contribution in [3.8, 4) is 0 Å². The molecule has 0 radical (unpaired) electrons. The second-order valence-corrected chi connectivity index (χ2v) is 5.67. The Hall–Kier alpha value is -1.03. The quantitative estimate of drug-likeness (QED) is 0.887. The molecule has 2 nitrogen and oxygen atoms in total. The Kier molecular flexibility index (Phi) is 4.05. The topological polar surface area (TPSA) is 37.3 Å². The molecule has 1 aliphatic rings. The summed E-state index contributed by atoms with van der Waals surface area (Å²) in [6.45, 7) is 0. The first-order valence-electron chi connectivity index (χ1n) is 5.86. The maximum absolute atomic E-state index is 13.0. The molecule has 0 aliphatic heterocycles. The molecule has 2 rings (SSSR count). The van der Waals surface area contributed by atoms with Crippen LogP contribution in [0.25, 0.3) is 0 Å². The van der Waals surface area contributed by atoms with Gasteiger partial charge in [-0.2, -0.15) is 0 Å². The van der Waals surface area contributed by atoms with E-state index in [-0.39, 0.29) is 5.56 Å². The Labute approximate surface area is 104 Å². The van der Waals surface area contributed by atoms with E-state index in [2.05, 4.69) is 0 Å². The van der Waals surface area contributed by atoms with Gasteiger partial charge < -0.3 is 5.11 Å². The first-order valence-corrected chi connectivity index (χ1v) is 6.74. The fraction of sp³-hybridized carbons (Fsp3) is 0.462. The molecule has 1 fully saturated rings. The van der Waals surface area contributed by atoms with E-state index in [0.717, 1.165) is 18.9 Å². The Morgan fingerprint density at radius 3 is 2.65 bits per heavy atom. The average molecular weight is 254 g/mol. The van der Waals surface area contributed by atoms with Crippen LogP contribution >= 0.6 is 11.8 Å². The van der Waals surface area contributed by atoms with Crippen LogP contribution in [0.1, 0.15) is 42.5 Å². The van der Waals surface area contributed by atoms with Crippen molar-refractivity contribution in [3.63, 3.8) is 0 Å². The molecular formula is C13H15FO2S. The van der Waals surface area contributed by atoms with Crippen molar-refractivity contribution in [1.29, 1.82) is 0 Å². The largest absolute Gasteiger partial charge is 0.478 e. The third kappa shape index (κ3) is 3.22. The molecule has 1 saturated carbocycles. The maximum atomic E-state index is 13.0. The fourth-order valence-corrected chi connectivity index (χ4v) is 3.48. The van der Waals surface area contributed by atoms with Gasteiger partial charge in [0.25, 0.3) is 0 Å². The van der Waals surface area contributed by atoms with Crippen molar-refractivity contribution in [3.05, 3.63) is 29.6 Å². The first kappa shape index (κ1) is 12.4. The summed E-state index contributed by atoms with van der Waals surface area (Å²) in [5.74, 6) is -1.54. The molecule has 0 heterocycles. The van der Waals surface area contributed by atoms with E-state index in [4.69, 9.17) is 5.11 Å². The van der Waals surface area contributed by atoms with Crippen molar-refractivity contribution in [2.24, 2.45) is 0 Å². The highest BCUT2D eigenvalue weighted by atomic mass is 32.2. The van der Waals surface area contributed by atoms with Crippen LogP contribution in [-0.4, -0.2) is 16.3 Å². The monoisotopic (exact) mass is 254 g/mol. The minimum atomic E-state index is -1.05. The summed E-state index contributed by atoms with van der Waals surface area (Å²) in [6.07, 6.45) is 5.94. The van der Waals surface area contributed by atoms with Crippen LogP contribution in [0, 0.1) is 5.82 Å². The van der Waals surface area contributed by atoms with Crippen LogP contribution in [0.4, 0.5) is 4.39 Å². The smallest absolute Gasteiger partial charge is 0.336 e. The molecule has 0 spiro atoms. The summed E-state index contributed by atoms with van der Waals surface area (Å²) in [5.41, 5.74) is 0.0839. The first-order chi connectivity index (χ1) is 8.16. The molecule has 0 bridgehead atoms. The molecule has 0 unspecified atom stereocenters. The number of carboxylic acid groups (broad SMARTS) is 1. The highest BCUT2D eigenvalue weighted by Gasteiger charge is 2.18. The molecule has 0 atom stereocenters. The normalized spacial score (nSPS) is 17.0. The minimum Gasteiger partial charge on any atom is -0.478 e. The van der Waals surface area contributed by atoms with Crippen LogP contribution in [-0.2, 0) is 0 Å². The Morgan fingerprint density at radius 1 is 1.29 bits per heavy atom. The molecular weight excluding hydrogens is 239 g/mol. The molecule has 1 N–H and O–H groups in total. The van der Waals surface area contributed by atoms with Gasteiger partial charge >= 0.3 is 5.97 Å². The maximum Gasteiger partial charge on any atom is 0.336 e. The van der Waals surface area contributed by atoms with Gasteiger partial charge in [-0.05, 0) is 31.0 Å². The number of rotatable bonds is 3. The lowest BCUT2D eigenvalue weighted by atomic mass is 10.0. The van der Waals surface area contributed by atoms with Crippen molar-refractivity contribution >= 4 is 17.7 Å². The summed E-state index contributed by atoms with van der Waals surface area (Å²) in [4.78, 5) is 11.7. The number of aromatic carboxylic acids is 1. The zero-order valence-electron chi connectivity index (χ0n) is 9.49. The zero-order valence-corrected chi connectivity index (χ0v) is 10.3. The summed E-state index contributed by atoms with van der Waals surface area (Å²) < 4.78 is 13.0. The van der Waals surface area contributed by atoms with Gasteiger partial charge in [0.05, 0.1) is 5.56 Å². The number of benzene rings is 1. The summed E-state index contributed by atoms with van der Waals surface area (Å²) in [7, 11) is 0. The number of hydrogen-bond acceptors (Lipinski definition) is 2. The standard InChI is InChI=1S/C13H15FO2S/c14-9-6-7-12(11(8-9)13(15)16)17-10-4-2-1-3-5-10/h6-8,10H,1-5H2,(H,15,16). The molecule has 4 heteroatoms. The van der Waals surface area contributed by atoms with E-state index in [1.165, 1.54) is 25.3 Å². The Balaban J connectivity index is 2.16. The molecule has 17 heavy (non-hydrogen) atoms. The van der Waals surface area contributed by atoms with Gasteiger partial charge in [-0.15, -0.1) is 11.8 Å². The van der Waals surface area contributed by atoms with Crippen LogP contribution < -0.4 is 0 Å².